The van der Waals surface area contributed by atoms with E-state index >= 15 is 0 Å². The summed E-state index contributed by atoms with van der Waals surface area (Å²) < 4.78 is 2.54. The number of benzene rings is 9. The Labute approximate surface area is 398 Å². The first-order valence-electron chi connectivity index (χ1n) is 24.2. The standard InChI is InChI=1S/C65H51N3/c1-65(2)58-27-13-14-28-63(58)68-62-40-39-52(66(60-29-15-23-48-21-9-11-25-54(48)60)50-35-31-46(32-36-50)44-17-5-3-6-18-44)41-56(62)57-42-53(43-59(65)64(57)68)67(61-30-16-24-49-22-10-12-26-55(49)61)51-37-33-47(34-38-51)45-19-7-4-8-20-45/h4-5,7-31,33-43,46H,3,6,32H2,1-2H3. The minimum Gasteiger partial charge on any atom is -0.310 e. The Kier molecular flexibility index (Phi) is 9.47. The van der Waals surface area contributed by atoms with Gasteiger partial charge >= 0.3 is 0 Å². The van der Waals surface area contributed by atoms with Crippen molar-refractivity contribution in [2.45, 2.75) is 38.5 Å². The second-order valence-electron chi connectivity index (χ2n) is 19.2. The lowest BCUT2D eigenvalue weighted by Gasteiger charge is -2.36. The Bertz CT molecular complexity index is 3740. The molecule has 0 N–H and O–H groups in total. The number of para-hydroxylation sites is 1. The van der Waals surface area contributed by atoms with Crippen molar-refractivity contribution in [2.75, 3.05) is 9.80 Å². The van der Waals surface area contributed by atoms with Crippen molar-refractivity contribution < 1.29 is 0 Å². The highest BCUT2D eigenvalue weighted by Gasteiger charge is 2.36. The van der Waals surface area contributed by atoms with Crippen LogP contribution in [0, 0.1) is 5.92 Å². The maximum absolute atomic E-state index is 2.54. The van der Waals surface area contributed by atoms with E-state index in [0.717, 1.165) is 42.0 Å². The minimum atomic E-state index is -0.286. The van der Waals surface area contributed by atoms with Crippen molar-refractivity contribution in [3.05, 3.63) is 253 Å². The highest BCUT2D eigenvalue weighted by atomic mass is 15.2. The lowest BCUT2D eigenvalue weighted by atomic mass is 9.74. The van der Waals surface area contributed by atoms with Crippen molar-refractivity contribution in [3.8, 4) is 16.8 Å². The molecule has 3 nitrogen and oxygen atoms in total. The molecule has 0 amide bonds. The van der Waals surface area contributed by atoms with Gasteiger partial charge in [-0.05, 0) is 125 Å². The SMILES string of the molecule is CC1(C)c2ccccc2-n2c3ccc(N(C4=CCC(C5=CCCC=C5)C=C4)c4cccc5ccccc45)cc3c3cc(N(c4ccc(-c5ccccc5)cc4)c4cccc5ccccc45)cc1c32. The molecule has 0 fully saturated rings. The average Bonchev–Trinajstić information content (AvgIpc) is 3.73. The molecule has 326 valence electrons. The molecule has 2 heterocycles. The van der Waals surface area contributed by atoms with E-state index < -0.39 is 0 Å². The van der Waals surface area contributed by atoms with Crippen LogP contribution in [0.15, 0.2) is 242 Å². The summed E-state index contributed by atoms with van der Waals surface area (Å²) in [7, 11) is 0. The molecule has 0 saturated carbocycles. The van der Waals surface area contributed by atoms with E-state index in [9.17, 15) is 0 Å². The Morgan fingerprint density at radius 1 is 0.485 bits per heavy atom. The molecule has 13 rings (SSSR count). The molecule has 0 radical (unpaired) electrons. The molecule has 2 aliphatic carbocycles. The highest BCUT2D eigenvalue weighted by Crippen LogP contribution is 2.52. The van der Waals surface area contributed by atoms with Crippen LogP contribution in [0.25, 0.3) is 60.2 Å². The Balaban J connectivity index is 1.06. The second-order valence-corrected chi connectivity index (χ2v) is 19.2. The average molecular weight is 874 g/mol. The van der Waals surface area contributed by atoms with Crippen molar-refractivity contribution in [2.24, 2.45) is 5.92 Å². The maximum atomic E-state index is 2.54. The lowest BCUT2D eigenvalue weighted by molar-refractivity contribution is 0.630. The summed E-state index contributed by atoms with van der Waals surface area (Å²) in [5.41, 5.74) is 16.8. The van der Waals surface area contributed by atoms with E-state index in [1.165, 1.54) is 88.2 Å². The van der Waals surface area contributed by atoms with Gasteiger partial charge in [0.05, 0.1) is 28.1 Å². The predicted molar refractivity (Wildman–Crippen MR) is 288 cm³/mol. The fraction of sp³-hybridized carbons (Fsp3) is 0.108. The van der Waals surface area contributed by atoms with Crippen LogP contribution < -0.4 is 9.80 Å². The fourth-order valence-corrected chi connectivity index (χ4v) is 11.5. The first kappa shape index (κ1) is 40.2. The van der Waals surface area contributed by atoms with E-state index in [-0.39, 0.29) is 5.41 Å². The van der Waals surface area contributed by atoms with Gasteiger partial charge in [-0.3, -0.25) is 0 Å². The van der Waals surface area contributed by atoms with Gasteiger partial charge in [0.2, 0.25) is 0 Å². The molecule has 1 aromatic heterocycles. The maximum Gasteiger partial charge on any atom is 0.0583 e. The number of hydrogen-bond acceptors (Lipinski definition) is 2. The number of anilines is 5. The topological polar surface area (TPSA) is 11.4 Å². The normalized spacial score (nSPS) is 15.9. The monoisotopic (exact) mass is 873 g/mol. The molecule has 3 heteroatoms. The molecule has 9 aromatic carbocycles. The molecule has 0 spiro atoms. The smallest absolute Gasteiger partial charge is 0.0583 e. The van der Waals surface area contributed by atoms with Crippen molar-refractivity contribution >= 4 is 71.8 Å². The summed E-state index contributed by atoms with van der Waals surface area (Å²) in [5.74, 6) is 0.381. The summed E-state index contributed by atoms with van der Waals surface area (Å²) in [6.07, 6.45) is 17.5. The molecule has 10 aromatic rings. The van der Waals surface area contributed by atoms with Gasteiger partial charge in [-0.15, -0.1) is 0 Å². The van der Waals surface area contributed by atoms with Gasteiger partial charge in [0.15, 0.2) is 0 Å². The van der Waals surface area contributed by atoms with E-state index in [1.54, 1.807) is 0 Å². The van der Waals surface area contributed by atoms with Gasteiger partial charge in [-0.2, -0.15) is 0 Å². The van der Waals surface area contributed by atoms with Gasteiger partial charge in [-0.25, -0.2) is 0 Å². The fourth-order valence-electron chi connectivity index (χ4n) is 11.5. The van der Waals surface area contributed by atoms with Gasteiger partial charge < -0.3 is 14.4 Å². The summed E-state index contributed by atoms with van der Waals surface area (Å²) in [6.45, 7) is 4.81. The van der Waals surface area contributed by atoms with E-state index in [2.05, 4.69) is 259 Å². The van der Waals surface area contributed by atoms with Crippen LogP contribution >= 0.6 is 0 Å². The summed E-state index contributed by atoms with van der Waals surface area (Å²) in [6, 6.07) is 72.0. The summed E-state index contributed by atoms with van der Waals surface area (Å²) in [5, 5.41) is 7.35. The second kappa shape index (κ2) is 16.0. The van der Waals surface area contributed by atoms with Crippen molar-refractivity contribution in [1.29, 1.82) is 0 Å². The Morgan fingerprint density at radius 2 is 1.13 bits per heavy atom. The predicted octanol–water partition coefficient (Wildman–Crippen LogP) is 17.7. The third-order valence-electron chi connectivity index (χ3n) is 14.9. The number of allylic oxidation sites excluding steroid dienone is 7. The molecule has 0 bridgehead atoms. The quantitative estimate of drug-likeness (QED) is 0.151. The van der Waals surface area contributed by atoms with Crippen LogP contribution in [0.4, 0.5) is 28.4 Å². The zero-order valence-corrected chi connectivity index (χ0v) is 38.5. The van der Waals surface area contributed by atoms with Crippen LogP contribution in [0.3, 0.4) is 0 Å². The third kappa shape index (κ3) is 6.48. The molecule has 68 heavy (non-hydrogen) atoms. The first-order chi connectivity index (χ1) is 33.5. The van der Waals surface area contributed by atoms with Gasteiger partial charge in [-0.1, -0.05) is 178 Å². The number of fused-ring (bicyclic) bond motifs is 7. The van der Waals surface area contributed by atoms with Crippen LogP contribution in [-0.4, -0.2) is 4.57 Å². The largest absolute Gasteiger partial charge is 0.310 e. The van der Waals surface area contributed by atoms with E-state index in [0.29, 0.717) is 5.92 Å². The zero-order chi connectivity index (χ0) is 45.3. The molecule has 1 unspecified atom stereocenters. The zero-order valence-electron chi connectivity index (χ0n) is 38.5. The summed E-state index contributed by atoms with van der Waals surface area (Å²) >= 11 is 0. The summed E-state index contributed by atoms with van der Waals surface area (Å²) in [4.78, 5) is 4.99. The Hall–Kier alpha value is -8.14. The van der Waals surface area contributed by atoms with Gasteiger partial charge in [0, 0.05) is 55.6 Å². The van der Waals surface area contributed by atoms with Crippen LogP contribution in [0.1, 0.15) is 44.2 Å². The highest BCUT2D eigenvalue weighted by molar-refractivity contribution is 6.15. The number of aromatic nitrogens is 1. The third-order valence-corrected chi connectivity index (χ3v) is 14.9. The van der Waals surface area contributed by atoms with Gasteiger partial charge in [0.25, 0.3) is 0 Å². The molecular weight excluding hydrogens is 823 g/mol. The Morgan fingerprint density at radius 3 is 1.85 bits per heavy atom. The molecule has 1 atom stereocenters. The van der Waals surface area contributed by atoms with E-state index in [1.807, 2.05) is 0 Å². The molecule has 1 aliphatic heterocycles. The van der Waals surface area contributed by atoms with Crippen molar-refractivity contribution in [3.63, 3.8) is 0 Å². The first-order valence-corrected chi connectivity index (χ1v) is 24.2. The number of hydrogen-bond donors (Lipinski definition) is 0. The van der Waals surface area contributed by atoms with Crippen LogP contribution in [0.5, 0.6) is 0 Å². The lowest BCUT2D eigenvalue weighted by Crippen LogP contribution is -2.26. The van der Waals surface area contributed by atoms with Crippen LogP contribution in [-0.2, 0) is 5.41 Å². The number of nitrogens with zero attached hydrogens (tertiary/aromatic N) is 3. The molecule has 3 aliphatic rings. The van der Waals surface area contributed by atoms with Crippen LogP contribution in [0.2, 0.25) is 0 Å². The minimum absolute atomic E-state index is 0.286. The molecular formula is C65H51N3. The van der Waals surface area contributed by atoms with E-state index in [4.69, 9.17) is 0 Å². The molecule has 0 saturated heterocycles. The van der Waals surface area contributed by atoms with Gasteiger partial charge in [0.1, 0.15) is 0 Å². The van der Waals surface area contributed by atoms with Crippen molar-refractivity contribution in [1.82, 2.24) is 4.57 Å². The number of rotatable bonds is 8.